The zero-order valence-corrected chi connectivity index (χ0v) is 10.3. The van der Waals surface area contributed by atoms with Gasteiger partial charge >= 0.3 is 5.97 Å². The Balaban J connectivity index is 2.91. The summed E-state index contributed by atoms with van der Waals surface area (Å²) in [5, 5.41) is 21.3. The highest BCUT2D eigenvalue weighted by Crippen LogP contribution is 2.22. The quantitative estimate of drug-likeness (QED) is 0.864. The van der Waals surface area contributed by atoms with Crippen LogP contribution in [0, 0.1) is 17.2 Å². The van der Waals surface area contributed by atoms with Crippen LogP contribution in [-0.2, 0) is 4.79 Å². The number of carbonyl (C=O) groups is 1. The van der Waals surface area contributed by atoms with E-state index in [4.69, 9.17) is 22.0 Å². The van der Waals surface area contributed by atoms with E-state index < -0.39 is 11.9 Å². The smallest absolute Gasteiger partial charge is 0.308 e. The van der Waals surface area contributed by atoms with E-state index in [-0.39, 0.29) is 6.04 Å². The zero-order chi connectivity index (χ0) is 13.0. The van der Waals surface area contributed by atoms with Crippen LogP contribution in [0.25, 0.3) is 0 Å². The van der Waals surface area contributed by atoms with Crippen molar-refractivity contribution < 1.29 is 9.90 Å². The van der Waals surface area contributed by atoms with Gasteiger partial charge in [-0.3, -0.25) is 4.79 Å². The fourth-order valence-corrected chi connectivity index (χ4v) is 1.49. The van der Waals surface area contributed by atoms with E-state index in [9.17, 15) is 4.79 Å². The number of carboxylic acid groups (broad SMARTS) is 1. The fourth-order valence-electron chi connectivity index (χ4n) is 1.32. The molecule has 0 bridgehead atoms. The Bertz CT molecular complexity index is 468. The Labute approximate surface area is 105 Å². The molecule has 1 aromatic rings. The maximum atomic E-state index is 10.8. The molecule has 0 fully saturated rings. The summed E-state index contributed by atoms with van der Waals surface area (Å²) in [5.74, 6) is -1.44. The number of nitrogens with zero attached hydrogens (tertiary/aromatic N) is 1. The lowest BCUT2D eigenvalue weighted by Crippen LogP contribution is -2.29. The summed E-state index contributed by atoms with van der Waals surface area (Å²) in [6.07, 6.45) is 0. The van der Waals surface area contributed by atoms with Gasteiger partial charge in [-0.25, -0.2) is 0 Å². The molecule has 0 saturated heterocycles. The molecule has 0 radical (unpaired) electrons. The minimum absolute atomic E-state index is 0.293. The lowest BCUT2D eigenvalue weighted by molar-refractivity contribution is -0.141. The maximum Gasteiger partial charge on any atom is 0.308 e. The van der Waals surface area contributed by atoms with E-state index in [1.807, 2.05) is 6.07 Å². The Morgan fingerprint density at radius 3 is 2.71 bits per heavy atom. The molecular weight excluding hydrogens is 240 g/mol. The van der Waals surface area contributed by atoms with Crippen LogP contribution < -0.4 is 5.32 Å². The van der Waals surface area contributed by atoms with Crippen LogP contribution >= 0.6 is 11.6 Å². The summed E-state index contributed by atoms with van der Waals surface area (Å²) >= 11 is 5.83. The minimum Gasteiger partial charge on any atom is -0.481 e. The fraction of sp³-hybridized carbons (Fsp3) is 0.333. The van der Waals surface area contributed by atoms with Crippen molar-refractivity contribution in [3.8, 4) is 6.07 Å². The summed E-state index contributed by atoms with van der Waals surface area (Å²) in [6.45, 7) is 3.36. The maximum absolute atomic E-state index is 10.8. The molecular formula is C12H13ClN2O2. The van der Waals surface area contributed by atoms with Crippen LogP contribution in [-0.4, -0.2) is 17.1 Å². The second-order valence-electron chi connectivity index (χ2n) is 3.86. The van der Waals surface area contributed by atoms with Gasteiger partial charge in [-0.15, -0.1) is 0 Å². The first-order valence-corrected chi connectivity index (χ1v) is 5.52. The van der Waals surface area contributed by atoms with Crippen LogP contribution in [0.3, 0.4) is 0 Å². The highest BCUT2D eigenvalue weighted by atomic mass is 35.5. The van der Waals surface area contributed by atoms with Crippen LogP contribution in [0.1, 0.15) is 19.4 Å². The van der Waals surface area contributed by atoms with Crippen LogP contribution in [0.5, 0.6) is 0 Å². The molecule has 2 unspecified atom stereocenters. The number of benzene rings is 1. The third-order valence-electron chi connectivity index (χ3n) is 2.62. The van der Waals surface area contributed by atoms with Crippen LogP contribution in [0.15, 0.2) is 18.2 Å². The number of hydrogen-bond donors (Lipinski definition) is 2. The molecule has 1 aromatic carbocycles. The number of nitrogens with one attached hydrogen (secondary N) is 1. The van der Waals surface area contributed by atoms with Gasteiger partial charge < -0.3 is 10.4 Å². The number of anilines is 1. The van der Waals surface area contributed by atoms with E-state index in [1.165, 1.54) is 0 Å². The SMILES string of the molecule is CC(Nc1cc(Cl)ccc1C#N)C(C)C(=O)O. The number of nitriles is 1. The van der Waals surface area contributed by atoms with Crippen LogP contribution in [0.2, 0.25) is 5.02 Å². The molecule has 0 heterocycles. The highest BCUT2D eigenvalue weighted by molar-refractivity contribution is 6.30. The van der Waals surface area contributed by atoms with E-state index in [1.54, 1.807) is 32.0 Å². The minimum atomic E-state index is -0.884. The number of hydrogen-bond acceptors (Lipinski definition) is 3. The number of aliphatic carboxylic acids is 1. The van der Waals surface area contributed by atoms with Crippen molar-refractivity contribution in [3.05, 3.63) is 28.8 Å². The molecule has 0 amide bonds. The summed E-state index contributed by atoms with van der Waals surface area (Å²) in [6, 6.07) is 6.57. The number of halogens is 1. The predicted molar refractivity (Wildman–Crippen MR) is 66.1 cm³/mol. The second-order valence-corrected chi connectivity index (χ2v) is 4.30. The van der Waals surface area contributed by atoms with E-state index in [0.29, 0.717) is 16.3 Å². The van der Waals surface area contributed by atoms with Crippen molar-refractivity contribution in [2.24, 2.45) is 5.92 Å². The Kier molecular flexibility index (Phi) is 4.36. The van der Waals surface area contributed by atoms with E-state index >= 15 is 0 Å². The first kappa shape index (κ1) is 13.3. The zero-order valence-electron chi connectivity index (χ0n) is 9.57. The molecule has 90 valence electrons. The number of rotatable bonds is 4. The monoisotopic (exact) mass is 252 g/mol. The van der Waals surface area contributed by atoms with Gasteiger partial charge in [0.25, 0.3) is 0 Å². The van der Waals surface area contributed by atoms with Crippen molar-refractivity contribution in [1.82, 2.24) is 0 Å². The topological polar surface area (TPSA) is 73.1 Å². The molecule has 0 aliphatic rings. The number of carboxylic acids is 1. The van der Waals surface area contributed by atoms with Crippen molar-refractivity contribution in [2.75, 3.05) is 5.32 Å². The van der Waals surface area contributed by atoms with Crippen molar-refractivity contribution in [2.45, 2.75) is 19.9 Å². The molecule has 17 heavy (non-hydrogen) atoms. The molecule has 0 aromatic heterocycles. The molecule has 4 nitrogen and oxygen atoms in total. The molecule has 1 rings (SSSR count). The lowest BCUT2D eigenvalue weighted by Gasteiger charge is -2.19. The Hall–Kier alpha value is -1.73. The predicted octanol–water partition coefficient (Wildman–Crippen LogP) is 2.73. The molecule has 0 saturated carbocycles. The molecule has 0 aliphatic heterocycles. The molecule has 5 heteroatoms. The molecule has 0 aliphatic carbocycles. The highest BCUT2D eigenvalue weighted by Gasteiger charge is 2.19. The average molecular weight is 253 g/mol. The molecule has 0 spiro atoms. The van der Waals surface area contributed by atoms with Gasteiger partial charge in [0.1, 0.15) is 6.07 Å². The standard InChI is InChI=1S/C12H13ClN2O2/c1-7(12(16)17)8(2)15-11-5-10(13)4-3-9(11)6-14/h3-5,7-8,15H,1-2H3,(H,16,17). The first-order chi connectivity index (χ1) is 7.95. The van der Waals surface area contributed by atoms with Gasteiger partial charge in [-0.1, -0.05) is 11.6 Å². The van der Waals surface area contributed by atoms with E-state index in [2.05, 4.69) is 5.32 Å². The Morgan fingerprint density at radius 1 is 1.53 bits per heavy atom. The normalized spacial score (nSPS) is 13.5. The molecule has 2 N–H and O–H groups in total. The molecule has 2 atom stereocenters. The largest absolute Gasteiger partial charge is 0.481 e. The van der Waals surface area contributed by atoms with Gasteiger partial charge in [-0.2, -0.15) is 5.26 Å². The van der Waals surface area contributed by atoms with Gasteiger partial charge in [0.15, 0.2) is 0 Å². The first-order valence-electron chi connectivity index (χ1n) is 5.14. The Morgan fingerprint density at radius 2 is 2.18 bits per heavy atom. The van der Waals surface area contributed by atoms with Crippen LogP contribution in [0.4, 0.5) is 5.69 Å². The van der Waals surface area contributed by atoms with E-state index in [0.717, 1.165) is 0 Å². The summed E-state index contributed by atoms with van der Waals surface area (Å²) in [4.78, 5) is 10.8. The van der Waals surface area contributed by atoms with Gasteiger partial charge in [0.2, 0.25) is 0 Å². The van der Waals surface area contributed by atoms with Gasteiger partial charge in [0, 0.05) is 11.1 Å². The second kappa shape index (κ2) is 5.55. The van der Waals surface area contributed by atoms with Gasteiger partial charge in [0.05, 0.1) is 17.2 Å². The summed E-state index contributed by atoms with van der Waals surface area (Å²) < 4.78 is 0. The van der Waals surface area contributed by atoms with Gasteiger partial charge in [-0.05, 0) is 32.0 Å². The lowest BCUT2D eigenvalue weighted by atomic mass is 10.0. The van der Waals surface area contributed by atoms with Crippen molar-refractivity contribution in [3.63, 3.8) is 0 Å². The third-order valence-corrected chi connectivity index (χ3v) is 2.86. The van der Waals surface area contributed by atoms with Crippen molar-refractivity contribution in [1.29, 1.82) is 5.26 Å². The summed E-state index contributed by atoms with van der Waals surface area (Å²) in [7, 11) is 0. The average Bonchev–Trinajstić information content (AvgIpc) is 2.28. The van der Waals surface area contributed by atoms with Crippen molar-refractivity contribution >= 4 is 23.3 Å². The third kappa shape index (κ3) is 3.36. The summed E-state index contributed by atoms with van der Waals surface area (Å²) in [5.41, 5.74) is 0.999.